The first-order valence-electron chi connectivity index (χ1n) is 4.02. The van der Waals surface area contributed by atoms with Crippen LogP contribution in [0.5, 0.6) is 0 Å². The molecule has 6 heteroatoms. The molecule has 2 aliphatic rings. The molecule has 1 atom stereocenters. The number of carbonyl (C=O) groups excluding carboxylic acids is 2. The standard InChI is InChI=1S/C8H7BrN2O2S/c1-4-10-7-5(2-6(12)14-7)8(13)11(4)3-9/h2,4H,3H2,1H3. The second-order valence-electron chi connectivity index (χ2n) is 2.94. The fourth-order valence-corrected chi connectivity index (χ4v) is 2.80. The molecule has 0 radical (unpaired) electrons. The minimum atomic E-state index is -0.201. The van der Waals surface area contributed by atoms with Gasteiger partial charge >= 0.3 is 0 Å². The van der Waals surface area contributed by atoms with E-state index >= 15 is 0 Å². The van der Waals surface area contributed by atoms with Crippen molar-refractivity contribution < 1.29 is 9.59 Å². The maximum Gasteiger partial charge on any atom is 0.259 e. The zero-order valence-electron chi connectivity index (χ0n) is 7.36. The van der Waals surface area contributed by atoms with Crippen molar-refractivity contribution >= 4 is 43.8 Å². The third-order valence-corrected chi connectivity index (χ3v) is 3.44. The Morgan fingerprint density at radius 3 is 3.00 bits per heavy atom. The van der Waals surface area contributed by atoms with Gasteiger partial charge in [-0.3, -0.25) is 14.6 Å². The molecule has 0 aliphatic carbocycles. The number of rotatable bonds is 1. The Morgan fingerprint density at radius 2 is 2.36 bits per heavy atom. The van der Waals surface area contributed by atoms with E-state index in [0.29, 0.717) is 16.1 Å². The molecule has 4 nitrogen and oxygen atoms in total. The van der Waals surface area contributed by atoms with E-state index in [1.165, 1.54) is 6.08 Å². The summed E-state index contributed by atoms with van der Waals surface area (Å²) in [6.45, 7) is 1.83. The van der Waals surface area contributed by atoms with E-state index in [9.17, 15) is 9.59 Å². The van der Waals surface area contributed by atoms with Crippen LogP contribution in [0.1, 0.15) is 6.92 Å². The molecule has 0 saturated heterocycles. The minimum absolute atomic E-state index is 0.115. The molecule has 0 fully saturated rings. The van der Waals surface area contributed by atoms with E-state index in [4.69, 9.17) is 0 Å². The minimum Gasteiger partial charge on any atom is -0.307 e. The summed E-state index contributed by atoms with van der Waals surface area (Å²) in [7, 11) is 0. The first kappa shape index (κ1) is 9.92. The van der Waals surface area contributed by atoms with Gasteiger partial charge in [-0.05, 0) is 18.7 Å². The molecule has 0 aromatic rings. The number of aliphatic imine (C=N–C) groups is 1. The van der Waals surface area contributed by atoms with E-state index in [2.05, 4.69) is 20.9 Å². The summed E-state index contributed by atoms with van der Waals surface area (Å²) in [5, 5.41) is 0.445. The summed E-state index contributed by atoms with van der Waals surface area (Å²) < 4.78 is 0. The van der Waals surface area contributed by atoms with Gasteiger partial charge in [0.05, 0.1) is 11.0 Å². The first-order valence-corrected chi connectivity index (χ1v) is 5.96. The molecule has 0 saturated carbocycles. The van der Waals surface area contributed by atoms with Gasteiger partial charge in [-0.2, -0.15) is 0 Å². The molecule has 1 unspecified atom stereocenters. The first-order chi connectivity index (χ1) is 6.63. The molecule has 2 heterocycles. The molecule has 74 valence electrons. The van der Waals surface area contributed by atoms with E-state index in [-0.39, 0.29) is 17.2 Å². The van der Waals surface area contributed by atoms with Crippen molar-refractivity contribution in [2.24, 2.45) is 4.99 Å². The van der Waals surface area contributed by atoms with E-state index < -0.39 is 0 Å². The van der Waals surface area contributed by atoms with Gasteiger partial charge in [-0.25, -0.2) is 0 Å². The molecule has 2 rings (SSSR count). The Morgan fingerprint density at radius 1 is 1.64 bits per heavy atom. The topological polar surface area (TPSA) is 49.7 Å². The number of hydrogen-bond donors (Lipinski definition) is 0. The quantitative estimate of drug-likeness (QED) is 0.532. The number of halogens is 1. The molecule has 0 aromatic heterocycles. The normalized spacial score (nSPS) is 26.1. The number of alkyl halides is 1. The molecule has 0 bridgehead atoms. The third-order valence-electron chi connectivity index (χ3n) is 2.07. The number of hydrogen-bond acceptors (Lipinski definition) is 4. The van der Waals surface area contributed by atoms with Crippen LogP contribution in [0.4, 0.5) is 0 Å². The molecular weight excluding hydrogens is 268 g/mol. The number of thioether (sulfide) groups is 1. The molecule has 14 heavy (non-hydrogen) atoms. The van der Waals surface area contributed by atoms with Crippen molar-refractivity contribution in [1.29, 1.82) is 0 Å². The smallest absolute Gasteiger partial charge is 0.259 e. The highest BCUT2D eigenvalue weighted by atomic mass is 79.9. The van der Waals surface area contributed by atoms with Crippen molar-refractivity contribution in [2.45, 2.75) is 13.1 Å². The largest absolute Gasteiger partial charge is 0.307 e. The molecule has 1 amide bonds. The number of nitrogens with zero attached hydrogens (tertiary/aromatic N) is 2. The van der Waals surface area contributed by atoms with Gasteiger partial charge in [0.1, 0.15) is 11.2 Å². The molecule has 2 aliphatic heterocycles. The lowest BCUT2D eigenvalue weighted by molar-refractivity contribution is -0.127. The predicted octanol–water partition coefficient (Wildman–Crippen LogP) is 1.13. The summed E-state index contributed by atoms with van der Waals surface area (Å²) in [5.74, 6) is -0.127. The Labute approximate surface area is 93.6 Å². The average molecular weight is 275 g/mol. The Bertz CT molecular complexity index is 378. The average Bonchev–Trinajstić information content (AvgIpc) is 2.47. The summed E-state index contributed by atoms with van der Waals surface area (Å²) in [4.78, 5) is 28.7. The van der Waals surface area contributed by atoms with Gasteiger partial charge in [-0.1, -0.05) is 15.9 Å². The maximum absolute atomic E-state index is 11.8. The van der Waals surface area contributed by atoms with Gasteiger partial charge in [-0.15, -0.1) is 0 Å². The molecule has 0 spiro atoms. The molecule has 0 aromatic carbocycles. The maximum atomic E-state index is 11.8. The Balaban J connectivity index is 2.42. The van der Waals surface area contributed by atoms with Crippen LogP contribution >= 0.6 is 27.7 Å². The van der Waals surface area contributed by atoms with Gasteiger partial charge in [0.15, 0.2) is 0 Å². The van der Waals surface area contributed by atoms with Crippen LogP contribution in [-0.4, -0.2) is 32.6 Å². The van der Waals surface area contributed by atoms with Crippen LogP contribution in [-0.2, 0) is 9.59 Å². The Hall–Kier alpha value is -0.620. The van der Waals surface area contributed by atoms with Crippen LogP contribution in [0, 0.1) is 0 Å². The van der Waals surface area contributed by atoms with Crippen molar-refractivity contribution in [3.05, 3.63) is 11.6 Å². The predicted molar refractivity (Wildman–Crippen MR) is 58.2 cm³/mol. The van der Waals surface area contributed by atoms with Crippen LogP contribution in [0.15, 0.2) is 16.6 Å². The number of amides is 1. The van der Waals surface area contributed by atoms with Crippen LogP contribution in [0.25, 0.3) is 0 Å². The lowest BCUT2D eigenvalue weighted by atomic mass is 10.2. The van der Waals surface area contributed by atoms with Gasteiger partial charge in [0, 0.05) is 6.08 Å². The van der Waals surface area contributed by atoms with Gasteiger partial charge in [0.2, 0.25) is 5.12 Å². The van der Waals surface area contributed by atoms with Crippen molar-refractivity contribution in [1.82, 2.24) is 4.90 Å². The van der Waals surface area contributed by atoms with Crippen LogP contribution in [0.3, 0.4) is 0 Å². The van der Waals surface area contributed by atoms with Crippen LogP contribution in [0.2, 0.25) is 0 Å². The van der Waals surface area contributed by atoms with Crippen LogP contribution < -0.4 is 0 Å². The van der Waals surface area contributed by atoms with E-state index in [1.54, 1.807) is 4.90 Å². The monoisotopic (exact) mass is 274 g/mol. The highest BCUT2D eigenvalue weighted by molar-refractivity contribution is 9.09. The van der Waals surface area contributed by atoms with Gasteiger partial charge in [0.25, 0.3) is 5.91 Å². The third kappa shape index (κ3) is 1.42. The van der Waals surface area contributed by atoms with Crippen molar-refractivity contribution in [2.75, 3.05) is 5.45 Å². The zero-order valence-corrected chi connectivity index (χ0v) is 9.76. The highest BCUT2D eigenvalue weighted by Crippen LogP contribution is 2.29. The number of fused-ring (bicyclic) bond motifs is 1. The summed E-state index contributed by atoms with van der Waals surface area (Å²) in [6, 6.07) is 0. The molecular formula is C8H7BrN2O2S. The second kappa shape index (κ2) is 3.51. The van der Waals surface area contributed by atoms with E-state index in [0.717, 1.165) is 11.8 Å². The molecule has 0 N–H and O–H groups in total. The lowest BCUT2D eigenvalue weighted by Crippen LogP contribution is -2.42. The fourth-order valence-electron chi connectivity index (χ4n) is 1.33. The number of carbonyl (C=O) groups is 2. The van der Waals surface area contributed by atoms with Crippen molar-refractivity contribution in [3.8, 4) is 0 Å². The highest BCUT2D eigenvalue weighted by Gasteiger charge is 2.35. The van der Waals surface area contributed by atoms with Gasteiger partial charge < -0.3 is 4.90 Å². The summed E-state index contributed by atoms with van der Waals surface area (Å²) in [6.07, 6.45) is 1.15. The SMILES string of the molecule is CC1N=C2SC(=O)C=C2C(=O)N1CBr. The Kier molecular flexibility index (Phi) is 2.48. The summed E-state index contributed by atoms with van der Waals surface area (Å²) >= 11 is 4.25. The fraction of sp³-hybridized carbons (Fsp3) is 0.375. The van der Waals surface area contributed by atoms with E-state index in [1.807, 2.05) is 6.92 Å². The second-order valence-corrected chi connectivity index (χ2v) is 4.43. The lowest BCUT2D eigenvalue weighted by Gasteiger charge is -2.28. The zero-order chi connectivity index (χ0) is 10.3. The van der Waals surface area contributed by atoms with Crippen molar-refractivity contribution in [3.63, 3.8) is 0 Å². The summed E-state index contributed by atoms with van der Waals surface area (Å²) in [5.41, 5.74) is 0.859.